The number of ether oxygens (including phenoxy) is 2. The number of hydrogen-bond donors (Lipinski definition) is 1. The molecule has 0 aromatic heterocycles. The molecular weight excluding hydrogens is 220 g/mol. The fraction of sp³-hybridized carbons (Fsp3) is 0.917. The van der Waals surface area contributed by atoms with Crippen molar-refractivity contribution in [3.8, 4) is 0 Å². The predicted molar refractivity (Wildman–Crippen MR) is 63.5 cm³/mol. The van der Waals surface area contributed by atoms with Crippen LogP contribution in [0.4, 0.5) is 0 Å². The Morgan fingerprint density at radius 3 is 2.88 bits per heavy atom. The van der Waals surface area contributed by atoms with Gasteiger partial charge in [0.25, 0.3) is 0 Å². The van der Waals surface area contributed by atoms with E-state index in [4.69, 9.17) is 15.2 Å². The summed E-state index contributed by atoms with van der Waals surface area (Å²) in [6, 6.07) is 0. The van der Waals surface area contributed by atoms with Crippen LogP contribution < -0.4 is 5.73 Å². The molecule has 98 valence electrons. The van der Waals surface area contributed by atoms with Gasteiger partial charge in [-0.15, -0.1) is 0 Å². The molecule has 0 saturated carbocycles. The first-order chi connectivity index (χ1) is 8.15. The second-order valence-electron chi connectivity index (χ2n) is 5.13. The molecule has 2 N–H and O–H groups in total. The van der Waals surface area contributed by atoms with Crippen molar-refractivity contribution in [3.63, 3.8) is 0 Å². The zero-order valence-corrected chi connectivity index (χ0v) is 10.5. The highest BCUT2D eigenvalue weighted by molar-refractivity contribution is 5.86. The zero-order chi connectivity index (χ0) is 12.3. The lowest BCUT2D eigenvalue weighted by atomic mass is 9.90. The third-order valence-electron chi connectivity index (χ3n) is 3.79. The molecule has 2 heterocycles. The molecule has 0 bridgehead atoms. The summed E-state index contributed by atoms with van der Waals surface area (Å²) in [6.45, 7) is 3.51. The molecule has 2 fully saturated rings. The first kappa shape index (κ1) is 12.8. The van der Waals surface area contributed by atoms with Crippen LogP contribution in [0.5, 0.6) is 0 Å². The third-order valence-corrected chi connectivity index (χ3v) is 3.79. The largest absolute Gasteiger partial charge is 0.384 e. The maximum Gasteiger partial charge on any atom is 0.242 e. The smallest absolute Gasteiger partial charge is 0.242 e. The van der Waals surface area contributed by atoms with Gasteiger partial charge in [-0.25, -0.2) is 0 Å². The van der Waals surface area contributed by atoms with E-state index in [9.17, 15) is 4.79 Å². The highest BCUT2D eigenvalue weighted by atomic mass is 16.5. The summed E-state index contributed by atoms with van der Waals surface area (Å²) >= 11 is 0. The molecule has 0 radical (unpaired) electrons. The molecule has 2 saturated heterocycles. The summed E-state index contributed by atoms with van der Waals surface area (Å²) in [6.07, 6.45) is 2.29. The Bertz CT molecular complexity index is 277. The van der Waals surface area contributed by atoms with E-state index in [-0.39, 0.29) is 5.91 Å². The molecule has 1 atom stereocenters. The van der Waals surface area contributed by atoms with E-state index >= 15 is 0 Å². The van der Waals surface area contributed by atoms with Gasteiger partial charge >= 0.3 is 0 Å². The quantitative estimate of drug-likeness (QED) is 0.756. The number of likely N-dealkylation sites (tertiary alicyclic amines) is 1. The van der Waals surface area contributed by atoms with E-state index in [0.717, 1.165) is 26.1 Å². The van der Waals surface area contributed by atoms with Crippen LogP contribution >= 0.6 is 0 Å². The Morgan fingerprint density at radius 2 is 2.24 bits per heavy atom. The molecule has 1 unspecified atom stereocenters. The van der Waals surface area contributed by atoms with Gasteiger partial charge in [0.15, 0.2) is 0 Å². The number of carbonyl (C=O) groups excluding carboxylic acids is 1. The fourth-order valence-corrected chi connectivity index (χ4v) is 2.65. The van der Waals surface area contributed by atoms with Crippen molar-refractivity contribution in [3.05, 3.63) is 0 Å². The summed E-state index contributed by atoms with van der Waals surface area (Å²) in [5, 5.41) is 0. The van der Waals surface area contributed by atoms with Gasteiger partial charge in [-0.05, 0) is 19.3 Å². The van der Waals surface area contributed by atoms with Gasteiger partial charge in [-0.2, -0.15) is 0 Å². The predicted octanol–water partition coefficient (Wildman–Crippen LogP) is -0.0108. The van der Waals surface area contributed by atoms with Gasteiger partial charge in [-0.1, -0.05) is 0 Å². The van der Waals surface area contributed by atoms with Crippen LogP contribution in [0.1, 0.15) is 19.3 Å². The normalized spacial score (nSPS) is 28.4. The molecule has 2 aliphatic rings. The number of rotatable bonds is 3. The Kier molecular flexibility index (Phi) is 4.01. The Hall–Kier alpha value is -0.650. The van der Waals surface area contributed by atoms with Crippen LogP contribution in [-0.4, -0.2) is 56.4 Å². The molecule has 0 aromatic rings. The summed E-state index contributed by atoms with van der Waals surface area (Å²) in [5.41, 5.74) is 5.51. The third kappa shape index (κ3) is 2.78. The van der Waals surface area contributed by atoms with E-state index in [1.54, 1.807) is 7.11 Å². The van der Waals surface area contributed by atoms with Crippen molar-refractivity contribution in [1.29, 1.82) is 0 Å². The minimum atomic E-state index is -0.694. The molecule has 0 aromatic carbocycles. The van der Waals surface area contributed by atoms with Crippen molar-refractivity contribution in [2.24, 2.45) is 11.7 Å². The number of hydrogen-bond acceptors (Lipinski definition) is 4. The molecular formula is C12H22N2O3. The first-order valence-electron chi connectivity index (χ1n) is 6.30. The van der Waals surface area contributed by atoms with Crippen molar-refractivity contribution in [2.75, 3.05) is 40.0 Å². The highest BCUT2D eigenvalue weighted by Crippen LogP contribution is 2.24. The summed E-state index contributed by atoms with van der Waals surface area (Å²) in [7, 11) is 1.70. The van der Waals surface area contributed by atoms with Crippen LogP contribution in [0.15, 0.2) is 0 Å². The van der Waals surface area contributed by atoms with E-state index in [0.29, 0.717) is 32.0 Å². The van der Waals surface area contributed by atoms with Crippen molar-refractivity contribution in [1.82, 2.24) is 4.90 Å². The monoisotopic (exact) mass is 242 g/mol. The zero-order valence-electron chi connectivity index (χ0n) is 10.5. The maximum absolute atomic E-state index is 12.4. The van der Waals surface area contributed by atoms with Crippen LogP contribution in [-0.2, 0) is 14.3 Å². The Balaban J connectivity index is 1.91. The van der Waals surface area contributed by atoms with Crippen LogP contribution in [0.2, 0.25) is 0 Å². The van der Waals surface area contributed by atoms with Crippen LogP contribution in [0.25, 0.3) is 0 Å². The van der Waals surface area contributed by atoms with E-state index in [1.165, 1.54) is 0 Å². The minimum absolute atomic E-state index is 0.0967. The Morgan fingerprint density at radius 1 is 1.53 bits per heavy atom. The molecule has 0 aliphatic carbocycles. The highest BCUT2D eigenvalue weighted by Gasteiger charge is 2.40. The van der Waals surface area contributed by atoms with Gasteiger partial charge in [-0.3, -0.25) is 4.79 Å². The lowest BCUT2D eigenvalue weighted by Gasteiger charge is -2.35. The van der Waals surface area contributed by atoms with E-state index in [1.807, 2.05) is 4.90 Å². The summed E-state index contributed by atoms with van der Waals surface area (Å²) in [5.74, 6) is 0.562. The number of nitrogens with two attached hydrogens (primary N) is 1. The van der Waals surface area contributed by atoms with Crippen molar-refractivity contribution < 1.29 is 14.3 Å². The summed E-state index contributed by atoms with van der Waals surface area (Å²) in [4.78, 5) is 14.3. The summed E-state index contributed by atoms with van der Waals surface area (Å²) < 4.78 is 10.4. The molecule has 1 amide bonds. The standard InChI is InChI=1S/C12H22N2O3/c1-16-9-10-2-5-14(8-10)11(15)12(13)3-6-17-7-4-12/h10H,2-9,13H2,1H3. The van der Waals surface area contributed by atoms with Gasteiger partial charge in [0.1, 0.15) is 0 Å². The molecule has 0 spiro atoms. The average Bonchev–Trinajstić information content (AvgIpc) is 2.78. The first-order valence-corrected chi connectivity index (χ1v) is 6.30. The van der Waals surface area contributed by atoms with Crippen LogP contribution in [0, 0.1) is 5.92 Å². The molecule has 5 nitrogen and oxygen atoms in total. The fourth-order valence-electron chi connectivity index (χ4n) is 2.65. The molecule has 17 heavy (non-hydrogen) atoms. The van der Waals surface area contributed by atoms with E-state index in [2.05, 4.69) is 0 Å². The number of amides is 1. The average molecular weight is 242 g/mol. The van der Waals surface area contributed by atoms with Crippen molar-refractivity contribution >= 4 is 5.91 Å². The number of methoxy groups -OCH3 is 1. The molecule has 5 heteroatoms. The maximum atomic E-state index is 12.4. The molecule has 2 rings (SSSR count). The van der Waals surface area contributed by atoms with Gasteiger partial charge in [0, 0.05) is 39.3 Å². The topological polar surface area (TPSA) is 64.8 Å². The SMILES string of the molecule is COCC1CCN(C(=O)C2(N)CCOCC2)C1. The minimum Gasteiger partial charge on any atom is -0.384 e. The van der Waals surface area contributed by atoms with Gasteiger partial charge in [0.2, 0.25) is 5.91 Å². The van der Waals surface area contributed by atoms with Crippen molar-refractivity contribution in [2.45, 2.75) is 24.8 Å². The second kappa shape index (κ2) is 5.33. The Labute approximate surface area is 102 Å². The van der Waals surface area contributed by atoms with E-state index < -0.39 is 5.54 Å². The second-order valence-corrected chi connectivity index (χ2v) is 5.13. The number of carbonyl (C=O) groups is 1. The van der Waals surface area contributed by atoms with Crippen LogP contribution in [0.3, 0.4) is 0 Å². The molecule has 2 aliphatic heterocycles. The number of nitrogens with zero attached hydrogens (tertiary/aromatic N) is 1. The van der Waals surface area contributed by atoms with Gasteiger partial charge in [0.05, 0.1) is 12.1 Å². The lowest BCUT2D eigenvalue weighted by molar-refractivity contribution is -0.139. The lowest BCUT2D eigenvalue weighted by Crippen LogP contribution is -2.57. The van der Waals surface area contributed by atoms with Gasteiger partial charge < -0.3 is 20.1 Å².